The Kier molecular flexibility index (Phi) is 3.38. The molecule has 1 aliphatic rings. The number of aryl methyl sites for hydroxylation is 1. The highest BCUT2D eigenvalue weighted by atomic mass is 15.3. The normalized spacial score (nSPS) is 17.3. The van der Waals surface area contributed by atoms with Gasteiger partial charge in [-0.15, -0.1) is 0 Å². The Morgan fingerprint density at radius 3 is 2.86 bits per heavy atom. The second-order valence-electron chi connectivity index (χ2n) is 6.06. The summed E-state index contributed by atoms with van der Waals surface area (Å²) < 4.78 is 2.02. The quantitative estimate of drug-likeness (QED) is 0.804. The zero-order valence-corrected chi connectivity index (χ0v) is 12.7. The lowest BCUT2D eigenvalue weighted by Gasteiger charge is -2.31. The highest BCUT2D eigenvalue weighted by Crippen LogP contribution is 2.28. The van der Waals surface area contributed by atoms with Crippen LogP contribution in [0.3, 0.4) is 0 Å². The third kappa shape index (κ3) is 2.50. The monoisotopic (exact) mass is 296 g/mol. The second kappa shape index (κ2) is 5.53. The van der Waals surface area contributed by atoms with E-state index in [1.165, 1.54) is 11.4 Å². The first-order valence-corrected chi connectivity index (χ1v) is 7.81. The van der Waals surface area contributed by atoms with Crippen molar-refractivity contribution in [2.45, 2.75) is 32.2 Å². The molecule has 6 nitrogen and oxygen atoms in total. The van der Waals surface area contributed by atoms with E-state index in [0.717, 1.165) is 43.8 Å². The summed E-state index contributed by atoms with van der Waals surface area (Å²) in [5, 5.41) is 11.7. The van der Waals surface area contributed by atoms with Crippen molar-refractivity contribution in [2.75, 3.05) is 13.1 Å². The molecule has 0 spiro atoms. The van der Waals surface area contributed by atoms with Crippen molar-refractivity contribution in [2.24, 2.45) is 0 Å². The van der Waals surface area contributed by atoms with Crippen LogP contribution in [0.25, 0.3) is 5.65 Å². The lowest BCUT2D eigenvalue weighted by molar-refractivity contribution is 0.200. The maximum Gasteiger partial charge on any atom is 0.155 e. The molecule has 4 heterocycles. The number of aromatic amines is 1. The molecule has 0 amide bonds. The standard InChI is InChI=1S/C16H20N6/c1-12-10-16-17-6-3-15(22(16)20-12)13-4-8-21(9-5-13)11-14-2-7-18-19-14/h2-3,6-7,10,13H,4-5,8-9,11H2,1H3,(H,18,19). The molecule has 1 fully saturated rings. The summed E-state index contributed by atoms with van der Waals surface area (Å²) in [4.78, 5) is 6.88. The Labute approximate surface area is 129 Å². The van der Waals surface area contributed by atoms with Crippen LogP contribution in [0.4, 0.5) is 0 Å². The Morgan fingerprint density at radius 1 is 1.23 bits per heavy atom. The average Bonchev–Trinajstić information content (AvgIpc) is 3.16. The number of nitrogens with zero attached hydrogens (tertiary/aromatic N) is 5. The van der Waals surface area contributed by atoms with Crippen molar-refractivity contribution < 1.29 is 0 Å². The van der Waals surface area contributed by atoms with E-state index in [0.29, 0.717) is 5.92 Å². The van der Waals surface area contributed by atoms with Gasteiger partial charge in [-0.05, 0) is 45.0 Å². The first kappa shape index (κ1) is 13.5. The molecule has 0 bridgehead atoms. The molecule has 0 aliphatic carbocycles. The van der Waals surface area contributed by atoms with Gasteiger partial charge in [0, 0.05) is 42.3 Å². The summed E-state index contributed by atoms with van der Waals surface area (Å²) in [5.74, 6) is 0.558. The van der Waals surface area contributed by atoms with Gasteiger partial charge in [0.05, 0.1) is 5.69 Å². The van der Waals surface area contributed by atoms with Crippen LogP contribution in [0.2, 0.25) is 0 Å². The molecule has 0 aromatic carbocycles. The SMILES string of the molecule is Cc1cc2nccc(C3CCN(Cc4ccn[nH]4)CC3)n2n1. The molecule has 4 rings (SSSR count). The predicted octanol–water partition coefficient (Wildman–Crippen LogP) is 2.14. The lowest BCUT2D eigenvalue weighted by atomic mass is 9.93. The fourth-order valence-corrected chi connectivity index (χ4v) is 3.34. The molecular weight excluding hydrogens is 276 g/mol. The van der Waals surface area contributed by atoms with Crippen LogP contribution < -0.4 is 0 Å². The summed E-state index contributed by atoms with van der Waals surface area (Å²) in [6.07, 6.45) is 6.04. The van der Waals surface area contributed by atoms with Crippen LogP contribution in [-0.4, -0.2) is 42.8 Å². The van der Waals surface area contributed by atoms with Crippen molar-refractivity contribution in [3.8, 4) is 0 Å². The number of piperidine rings is 1. The van der Waals surface area contributed by atoms with Gasteiger partial charge in [0.15, 0.2) is 5.65 Å². The van der Waals surface area contributed by atoms with Gasteiger partial charge in [0.2, 0.25) is 0 Å². The van der Waals surface area contributed by atoms with E-state index < -0.39 is 0 Å². The van der Waals surface area contributed by atoms with Crippen LogP contribution in [0.1, 0.15) is 35.8 Å². The van der Waals surface area contributed by atoms with Crippen molar-refractivity contribution in [3.63, 3.8) is 0 Å². The van der Waals surface area contributed by atoms with Crippen LogP contribution in [0.15, 0.2) is 30.6 Å². The summed E-state index contributed by atoms with van der Waals surface area (Å²) in [5.41, 5.74) is 4.46. The molecule has 0 radical (unpaired) electrons. The molecule has 22 heavy (non-hydrogen) atoms. The van der Waals surface area contributed by atoms with E-state index in [-0.39, 0.29) is 0 Å². The summed E-state index contributed by atoms with van der Waals surface area (Å²) in [6.45, 7) is 5.19. The minimum Gasteiger partial charge on any atom is -0.297 e. The highest BCUT2D eigenvalue weighted by molar-refractivity contribution is 5.40. The highest BCUT2D eigenvalue weighted by Gasteiger charge is 2.23. The van der Waals surface area contributed by atoms with E-state index in [2.05, 4.69) is 31.2 Å². The lowest BCUT2D eigenvalue weighted by Crippen LogP contribution is -2.33. The number of fused-ring (bicyclic) bond motifs is 1. The molecule has 1 saturated heterocycles. The van der Waals surface area contributed by atoms with Crippen LogP contribution in [0.5, 0.6) is 0 Å². The summed E-state index contributed by atoms with van der Waals surface area (Å²) in [7, 11) is 0. The van der Waals surface area contributed by atoms with Crippen molar-refractivity contribution in [3.05, 3.63) is 47.7 Å². The molecule has 3 aromatic heterocycles. The van der Waals surface area contributed by atoms with Crippen molar-refractivity contribution >= 4 is 5.65 Å². The van der Waals surface area contributed by atoms with Gasteiger partial charge in [-0.3, -0.25) is 10.00 Å². The molecule has 0 atom stereocenters. The molecule has 0 saturated carbocycles. The molecule has 6 heteroatoms. The van der Waals surface area contributed by atoms with Gasteiger partial charge < -0.3 is 0 Å². The number of H-pyrrole nitrogens is 1. The molecular formula is C16H20N6. The third-order valence-corrected chi connectivity index (χ3v) is 4.47. The smallest absolute Gasteiger partial charge is 0.155 e. The van der Waals surface area contributed by atoms with Crippen LogP contribution in [0, 0.1) is 6.92 Å². The first-order chi connectivity index (χ1) is 10.8. The number of hydrogen-bond acceptors (Lipinski definition) is 4. The number of hydrogen-bond donors (Lipinski definition) is 1. The molecule has 0 unspecified atom stereocenters. The molecule has 3 aromatic rings. The van der Waals surface area contributed by atoms with Crippen molar-refractivity contribution in [1.82, 2.24) is 29.7 Å². The Bertz CT molecular complexity index is 752. The van der Waals surface area contributed by atoms with Gasteiger partial charge in [0.25, 0.3) is 0 Å². The molecule has 1 aliphatic heterocycles. The molecule has 1 N–H and O–H groups in total. The average molecular weight is 296 g/mol. The van der Waals surface area contributed by atoms with Gasteiger partial charge in [-0.25, -0.2) is 9.50 Å². The third-order valence-electron chi connectivity index (χ3n) is 4.47. The predicted molar refractivity (Wildman–Crippen MR) is 83.6 cm³/mol. The first-order valence-electron chi connectivity index (χ1n) is 7.81. The fourth-order valence-electron chi connectivity index (χ4n) is 3.34. The van der Waals surface area contributed by atoms with Gasteiger partial charge >= 0.3 is 0 Å². The zero-order chi connectivity index (χ0) is 14.9. The van der Waals surface area contributed by atoms with Gasteiger partial charge in [-0.2, -0.15) is 10.2 Å². The van der Waals surface area contributed by atoms with E-state index in [1.54, 1.807) is 0 Å². The largest absolute Gasteiger partial charge is 0.297 e. The summed E-state index contributed by atoms with van der Waals surface area (Å²) >= 11 is 0. The van der Waals surface area contributed by atoms with Gasteiger partial charge in [0.1, 0.15) is 0 Å². The van der Waals surface area contributed by atoms with E-state index in [4.69, 9.17) is 0 Å². The summed E-state index contributed by atoms with van der Waals surface area (Å²) in [6, 6.07) is 6.20. The zero-order valence-electron chi connectivity index (χ0n) is 12.7. The van der Waals surface area contributed by atoms with E-state index >= 15 is 0 Å². The Balaban J connectivity index is 1.48. The number of aromatic nitrogens is 5. The van der Waals surface area contributed by atoms with Crippen LogP contribution >= 0.6 is 0 Å². The minimum atomic E-state index is 0.558. The fraction of sp³-hybridized carbons (Fsp3) is 0.438. The minimum absolute atomic E-state index is 0.558. The van der Waals surface area contributed by atoms with E-state index in [1.807, 2.05) is 36.0 Å². The molecule has 114 valence electrons. The second-order valence-corrected chi connectivity index (χ2v) is 6.06. The number of nitrogens with one attached hydrogen (secondary N) is 1. The van der Waals surface area contributed by atoms with Crippen LogP contribution in [-0.2, 0) is 6.54 Å². The Morgan fingerprint density at radius 2 is 2.09 bits per heavy atom. The maximum atomic E-state index is 4.60. The number of rotatable bonds is 3. The Hall–Kier alpha value is -2.21. The van der Waals surface area contributed by atoms with Crippen molar-refractivity contribution in [1.29, 1.82) is 0 Å². The number of likely N-dealkylation sites (tertiary alicyclic amines) is 1. The topological polar surface area (TPSA) is 62.1 Å². The van der Waals surface area contributed by atoms with Gasteiger partial charge in [-0.1, -0.05) is 0 Å². The maximum absolute atomic E-state index is 4.60. The van der Waals surface area contributed by atoms with E-state index in [9.17, 15) is 0 Å².